The van der Waals surface area contributed by atoms with Crippen LogP contribution in [-0.2, 0) is 0 Å². The molecule has 0 saturated carbocycles. The molecule has 300 valence electrons. The normalized spacial score (nSPS) is 22.3. The second-order valence-electron chi connectivity index (χ2n) is 18.3. The second kappa shape index (κ2) is 25.7. The monoisotopic (exact) mass is 708 g/mol. The quantitative estimate of drug-likeness (QED) is 0.261. The summed E-state index contributed by atoms with van der Waals surface area (Å²) in [5.41, 5.74) is 0. The van der Waals surface area contributed by atoms with Crippen molar-refractivity contribution in [3.63, 3.8) is 0 Å². The van der Waals surface area contributed by atoms with Crippen LogP contribution in [0.3, 0.4) is 0 Å². The summed E-state index contributed by atoms with van der Waals surface area (Å²) in [6, 6.07) is 5.74. The van der Waals surface area contributed by atoms with Crippen LogP contribution in [0.5, 0.6) is 0 Å². The Morgan fingerprint density at radius 2 is 0.600 bits per heavy atom. The van der Waals surface area contributed by atoms with Gasteiger partial charge in [0.1, 0.15) is 0 Å². The molecule has 4 heterocycles. The highest BCUT2D eigenvalue weighted by molar-refractivity contribution is 4.80. The van der Waals surface area contributed by atoms with E-state index in [0.717, 1.165) is 42.0 Å². The highest BCUT2D eigenvalue weighted by Crippen LogP contribution is 2.25. The van der Waals surface area contributed by atoms with Crippen molar-refractivity contribution >= 4 is 0 Å². The van der Waals surface area contributed by atoms with Gasteiger partial charge in [-0.25, -0.2) is 0 Å². The summed E-state index contributed by atoms with van der Waals surface area (Å²) in [7, 11) is 0. The molecule has 4 aliphatic heterocycles. The van der Waals surface area contributed by atoms with Crippen LogP contribution in [0.25, 0.3) is 0 Å². The summed E-state index contributed by atoms with van der Waals surface area (Å²) in [5.74, 6) is 1.87. The largest absolute Gasteiger partial charge is 0.312 e. The van der Waals surface area contributed by atoms with Gasteiger partial charge in [-0.3, -0.25) is 19.6 Å². The van der Waals surface area contributed by atoms with E-state index in [2.05, 4.69) is 145 Å². The van der Waals surface area contributed by atoms with Crippen molar-refractivity contribution < 1.29 is 0 Å². The molecule has 0 aromatic rings. The molecule has 1 N–H and O–H groups in total. The maximum Gasteiger partial charge on any atom is 0.0113 e. The third-order valence-electron chi connectivity index (χ3n) is 11.9. The predicted molar refractivity (Wildman–Crippen MR) is 224 cm³/mol. The number of hydrogen-bond donors (Lipinski definition) is 1. The maximum absolute atomic E-state index is 3.61. The van der Waals surface area contributed by atoms with Crippen molar-refractivity contribution in [2.45, 2.75) is 191 Å². The summed E-state index contributed by atoms with van der Waals surface area (Å²) < 4.78 is 0. The van der Waals surface area contributed by atoms with Crippen LogP contribution in [0.2, 0.25) is 0 Å². The van der Waals surface area contributed by atoms with Crippen molar-refractivity contribution in [3.05, 3.63) is 0 Å². The van der Waals surface area contributed by atoms with E-state index in [1.807, 2.05) is 0 Å². The molecule has 7 heteroatoms. The third kappa shape index (κ3) is 19.7. The van der Waals surface area contributed by atoms with Gasteiger partial charge in [-0.1, -0.05) is 27.7 Å². The first-order chi connectivity index (χ1) is 23.4. The third-order valence-corrected chi connectivity index (χ3v) is 11.9. The Kier molecular flexibility index (Phi) is 24.5. The van der Waals surface area contributed by atoms with Gasteiger partial charge in [0.25, 0.3) is 0 Å². The SMILES string of the molecule is CC(C)C1CCN(C(C)C)CC1.CC(C)N1CCCN(C(C)C)CC1.CC(C)N1CCN(C(C)C)CC1.CC(C)NC1CCN(C(C)C)CC1. The number of hydrogen-bond acceptors (Lipinski definition) is 7. The first kappa shape index (κ1) is 47.7. The Balaban J connectivity index is 0.000000334. The van der Waals surface area contributed by atoms with Crippen LogP contribution < -0.4 is 5.32 Å². The van der Waals surface area contributed by atoms with Crippen molar-refractivity contribution in [2.75, 3.05) is 78.5 Å². The van der Waals surface area contributed by atoms with Crippen molar-refractivity contribution in [3.8, 4) is 0 Å². The maximum atomic E-state index is 3.61. The molecule has 4 aliphatic rings. The highest BCUT2D eigenvalue weighted by Gasteiger charge is 2.23. The van der Waals surface area contributed by atoms with Crippen LogP contribution in [0.4, 0.5) is 0 Å². The lowest BCUT2D eigenvalue weighted by molar-refractivity contribution is 0.0887. The fourth-order valence-electron chi connectivity index (χ4n) is 7.92. The topological polar surface area (TPSA) is 31.5 Å². The molecule has 0 amide bonds. The van der Waals surface area contributed by atoms with Crippen molar-refractivity contribution in [2.24, 2.45) is 11.8 Å². The zero-order valence-electron chi connectivity index (χ0n) is 37.0. The fraction of sp³-hybridized carbons (Fsp3) is 1.00. The standard InChI is InChI=1S/2C11H24N2.C11H23N.C10H22N2/c1-9(2)12-11-5-7-13(8-6-11)10(3)4;1-10(2)12-6-5-7-13(9-8-12)11(3)4;2*1-9(2)11-5-7-12(8-6-11)10(3)4/h9-12H,5-8H2,1-4H3;10-11H,5-9H2,1-4H3;9-11H,5-8H2,1-4H3;9-10H,5-8H2,1-4H3. The van der Waals surface area contributed by atoms with E-state index in [9.17, 15) is 0 Å². The van der Waals surface area contributed by atoms with Crippen LogP contribution in [0.15, 0.2) is 0 Å². The minimum Gasteiger partial charge on any atom is -0.312 e. The first-order valence-electron chi connectivity index (χ1n) is 21.6. The average Bonchev–Trinajstić information content (AvgIpc) is 3.33. The number of piperidine rings is 2. The Morgan fingerprint density at radius 1 is 0.340 bits per heavy atom. The Labute approximate surface area is 315 Å². The van der Waals surface area contributed by atoms with Crippen LogP contribution in [0, 0.1) is 11.8 Å². The van der Waals surface area contributed by atoms with Crippen LogP contribution in [-0.4, -0.2) is 156 Å². The number of nitrogens with one attached hydrogen (secondary N) is 1. The molecular formula is C43H93N7. The molecule has 0 bridgehead atoms. The lowest BCUT2D eigenvalue weighted by Gasteiger charge is -2.38. The molecule has 0 aromatic carbocycles. The minimum atomic E-state index is 0.635. The lowest BCUT2D eigenvalue weighted by Crippen LogP contribution is -2.50. The smallest absolute Gasteiger partial charge is 0.0113 e. The molecule has 0 aromatic heterocycles. The molecule has 50 heavy (non-hydrogen) atoms. The molecule has 4 rings (SSSR count). The van der Waals surface area contributed by atoms with E-state index in [1.54, 1.807) is 0 Å². The summed E-state index contributed by atoms with van der Waals surface area (Å²) >= 11 is 0. The van der Waals surface area contributed by atoms with Gasteiger partial charge in [0.05, 0.1) is 0 Å². The Bertz CT molecular complexity index is 707. The van der Waals surface area contributed by atoms with E-state index in [1.165, 1.54) is 111 Å². The first-order valence-corrected chi connectivity index (χ1v) is 21.6. The molecule has 0 aliphatic carbocycles. The van der Waals surface area contributed by atoms with Gasteiger partial charge < -0.3 is 15.1 Å². The van der Waals surface area contributed by atoms with Gasteiger partial charge in [-0.05, 0) is 166 Å². The number of piperazine rings is 1. The van der Waals surface area contributed by atoms with Gasteiger partial charge in [0, 0.05) is 87.6 Å². The van der Waals surface area contributed by atoms with E-state index >= 15 is 0 Å². The summed E-state index contributed by atoms with van der Waals surface area (Å²) in [6.07, 6.45) is 6.79. The number of rotatable bonds is 9. The van der Waals surface area contributed by atoms with Gasteiger partial charge >= 0.3 is 0 Å². The zero-order valence-corrected chi connectivity index (χ0v) is 37.0. The van der Waals surface area contributed by atoms with Gasteiger partial charge in [-0.2, -0.15) is 0 Å². The molecule has 0 radical (unpaired) electrons. The number of likely N-dealkylation sites (tertiary alicyclic amines) is 2. The second-order valence-corrected chi connectivity index (χ2v) is 18.3. The molecule has 4 fully saturated rings. The fourth-order valence-corrected chi connectivity index (χ4v) is 7.92. The highest BCUT2D eigenvalue weighted by atomic mass is 15.3. The van der Waals surface area contributed by atoms with E-state index in [4.69, 9.17) is 0 Å². The van der Waals surface area contributed by atoms with E-state index in [0.29, 0.717) is 18.1 Å². The molecule has 7 nitrogen and oxygen atoms in total. The molecular weight excluding hydrogens is 615 g/mol. The Hall–Kier alpha value is -0.280. The predicted octanol–water partition coefficient (Wildman–Crippen LogP) is 7.85. The zero-order chi connectivity index (χ0) is 38.0. The van der Waals surface area contributed by atoms with E-state index in [-0.39, 0.29) is 0 Å². The number of nitrogens with zero attached hydrogens (tertiary/aromatic N) is 6. The summed E-state index contributed by atoms with van der Waals surface area (Å²) in [6.45, 7) is 51.9. The van der Waals surface area contributed by atoms with Crippen molar-refractivity contribution in [1.82, 2.24) is 34.7 Å². The molecule has 4 saturated heterocycles. The van der Waals surface area contributed by atoms with Crippen LogP contribution >= 0.6 is 0 Å². The van der Waals surface area contributed by atoms with E-state index < -0.39 is 0 Å². The molecule has 0 spiro atoms. The molecule has 0 unspecified atom stereocenters. The average molecular weight is 708 g/mol. The molecule has 0 atom stereocenters. The van der Waals surface area contributed by atoms with Gasteiger partial charge in [0.2, 0.25) is 0 Å². The van der Waals surface area contributed by atoms with Crippen molar-refractivity contribution in [1.29, 1.82) is 0 Å². The summed E-state index contributed by atoms with van der Waals surface area (Å²) in [4.78, 5) is 15.4. The minimum absolute atomic E-state index is 0.635. The van der Waals surface area contributed by atoms with Gasteiger partial charge in [0.15, 0.2) is 0 Å². The summed E-state index contributed by atoms with van der Waals surface area (Å²) in [5, 5.41) is 3.61. The van der Waals surface area contributed by atoms with Crippen LogP contribution in [0.1, 0.15) is 143 Å². The Morgan fingerprint density at radius 3 is 0.860 bits per heavy atom. The lowest BCUT2D eigenvalue weighted by atomic mass is 9.86. The van der Waals surface area contributed by atoms with Gasteiger partial charge in [-0.15, -0.1) is 0 Å².